The Morgan fingerprint density at radius 2 is 1.71 bits per heavy atom. The Morgan fingerprint density at radius 1 is 1.03 bits per heavy atom. The maximum absolute atomic E-state index is 13.8. The minimum Gasteiger partial charge on any atom is -0.350 e. The zero-order valence-corrected chi connectivity index (χ0v) is 21.6. The predicted molar refractivity (Wildman–Crippen MR) is 138 cm³/mol. The van der Waals surface area contributed by atoms with Crippen LogP contribution in [-0.2, 0) is 17.6 Å². The molecular formula is C27H35N3O2S2. The van der Waals surface area contributed by atoms with Gasteiger partial charge in [-0.25, -0.2) is 4.98 Å². The number of fused-ring (bicyclic) bond motifs is 3. The summed E-state index contributed by atoms with van der Waals surface area (Å²) in [6.07, 6.45) is 16.6. The van der Waals surface area contributed by atoms with Gasteiger partial charge in [-0.05, 0) is 100 Å². The topological polar surface area (TPSA) is 64.0 Å². The van der Waals surface area contributed by atoms with Crippen molar-refractivity contribution >= 4 is 39.2 Å². The van der Waals surface area contributed by atoms with Crippen molar-refractivity contribution in [2.24, 2.45) is 17.8 Å². The molecule has 0 aromatic carbocycles. The van der Waals surface area contributed by atoms with E-state index in [1.807, 2.05) is 4.57 Å². The van der Waals surface area contributed by atoms with Crippen LogP contribution in [-0.4, -0.2) is 26.8 Å². The molecular weight excluding hydrogens is 462 g/mol. The fraction of sp³-hybridized carbons (Fsp3) is 0.741. The first-order valence-electron chi connectivity index (χ1n) is 13.6. The number of hydrogen-bond acceptors (Lipinski definition) is 5. The molecule has 6 aliphatic carbocycles. The molecule has 0 spiro atoms. The molecule has 5 fully saturated rings. The average molecular weight is 498 g/mol. The largest absolute Gasteiger partial charge is 0.350 e. The summed E-state index contributed by atoms with van der Waals surface area (Å²) in [5.41, 5.74) is 1.47. The zero-order chi connectivity index (χ0) is 22.9. The van der Waals surface area contributed by atoms with Crippen LogP contribution >= 0.6 is 23.1 Å². The molecule has 0 atom stereocenters. The van der Waals surface area contributed by atoms with Crippen LogP contribution in [0.1, 0.15) is 93.5 Å². The van der Waals surface area contributed by atoms with Crippen molar-refractivity contribution in [1.82, 2.24) is 14.9 Å². The molecule has 0 aliphatic heterocycles. The average Bonchev–Trinajstić information content (AvgIpc) is 3.44. The van der Waals surface area contributed by atoms with Gasteiger partial charge in [0.05, 0.1) is 11.1 Å². The van der Waals surface area contributed by atoms with Gasteiger partial charge in [0.25, 0.3) is 5.56 Å². The lowest BCUT2D eigenvalue weighted by Crippen LogP contribution is -2.60. The van der Waals surface area contributed by atoms with Gasteiger partial charge < -0.3 is 5.32 Å². The van der Waals surface area contributed by atoms with Crippen molar-refractivity contribution in [1.29, 1.82) is 0 Å². The van der Waals surface area contributed by atoms with E-state index >= 15 is 0 Å². The normalized spacial score (nSPS) is 32.4. The molecule has 0 unspecified atom stereocenters. The second-order valence-electron chi connectivity index (χ2n) is 11.9. The first-order chi connectivity index (χ1) is 16.6. The Morgan fingerprint density at radius 3 is 2.41 bits per heavy atom. The van der Waals surface area contributed by atoms with Crippen LogP contribution in [0.2, 0.25) is 0 Å². The molecule has 2 aromatic heterocycles. The summed E-state index contributed by atoms with van der Waals surface area (Å²) in [7, 11) is 0. The summed E-state index contributed by atoms with van der Waals surface area (Å²) < 4.78 is 1.99. The van der Waals surface area contributed by atoms with E-state index in [1.54, 1.807) is 11.3 Å². The molecule has 5 saturated carbocycles. The number of carbonyl (C=O) groups is 1. The number of hydrogen-bond donors (Lipinski definition) is 1. The molecule has 182 valence electrons. The molecule has 1 N–H and O–H groups in total. The van der Waals surface area contributed by atoms with E-state index in [-0.39, 0.29) is 23.0 Å². The van der Waals surface area contributed by atoms with E-state index in [0.717, 1.165) is 58.8 Å². The molecule has 4 bridgehead atoms. The van der Waals surface area contributed by atoms with Gasteiger partial charge in [-0.15, -0.1) is 11.3 Å². The highest BCUT2D eigenvalue weighted by atomic mass is 32.2. The Balaban J connectivity index is 1.16. The first kappa shape index (κ1) is 21.9. The van der Waals surface area contributed by atoms with Crippen LogP contribution in [0.3, 0.4) is 0 Å². The number of rotatable bonds is 5. The Labute approximate surface area is 209 Å². The Bertz CT molecular complexity index is 1160. The first-order valence-corrected chi connectivity index (χ1v) is 15.4. The van der Waals surface area contributed by atoms with Gasteiger partial charge in [0.1, 0.15) is 4.83 Å². The lowest BCUT2D eigenvalue weighted by molar-refractivity contribution is -0.124. The van der Waals surface area contributed by atoms with Gasteiger partial charge >= 0.3 is 0 Å². The SMILES string of the molecule is O=C(CSc1nc2sc3c(c2c(=O)n1C1CCCC1)CCCC3)NC12CC3CC(CC(C3)C1)C2. The fourth-order valence-corrected chi connectivity index (χ4v) is 10.7. The third kappa shape index (κ3) is 3.68. The molecule has 2 heterocycles. The van der Waals surface area contributed by atoms with Crippen molar-refractivity contribution in [3.63, 3.8) is 0 Å². The number of aryl methyl sites for hydroxylation is 2. The van der Waals surface area contributed by atoms with E-state index in [9.17, 15) is 9.59 Å². The standard InChI is InChI=1S/C27H35N3O2S2/c31-22(29-27-12-16-9-17(13-27)11-18(10-16)14-27)15-33-26-28-24-23(20-7-3-4-8-21(20)34-24)25(32)30(26)19-5-1-2-6-19/h16-19H,1-15H2,(H,29,31). The van der Waals surface area contributed by atoms with Crippen LogP contribution in [0, 0.1) is 17.8 Å². The monoisotopic (exact) mass is 497 g/mol. The molecule has 6 aliphatic rings. The molecule has 34 heavy (non-hydrogen) atoms. The lowest BCUT2D eigenvalue weighted by Gasteiger charge is -2.56. The van der Waals surface area contributed by atoms with Crippen LogP contribution in [0.4, 0.5) is 0 Å². The molecule has 2 aromatic rings. The molecule has 8 rings (SSSR count). The van der Waals surface area contributed by atoms with Gasteiger partial charge in [0.15, 0.2) is 5.16 Å². The van der Waals surface area contributed by atoms with E-state index in [2.05, 4.69) is 5.32 Å². The van der Waals surface area contributed by atoms with Gasteiger partial charge in [0.2, 0.25) is 5.91 Å². The van der Waals surface area contributed by atoms with Crippen molar-refractivity contribution in [2.75, 3.05) is 5.75 Å². The highest BCUT2D eigenvalue weighted by Crippen LogP contribution is 2.55. The van der Waals surface area contributed by atoms with Gasteiger partial charge in [-0.1, -0.05) is 24.6 Å². The molecule has 0 saturated heterocycles. The van der Waals surface area contributed by atoms with Gasteiger partial charge in [-0.2, -0.15) is 0 Å². The number of carbonyl (C=O) groups excluding carboxylic acids is 1. The van der Waals surface area contributed by atoms with E-state index in [1.165, 1.54) is 86.4 Å². The third-order valence-electron chi connectivity index (χ3n) is 9.45. The van der Waals surface area contributed by atoms with E-state index in [0.29, 0.717) is 5.75 Å². The summed E-state index contributed by atoms with van der Waals surface area (Å²) in [4.78, 5) is 34.3. The number of thiophene rings is 1. The van der Waals surface area contributed by atoms with Gasteiger partial charge in [0, 0.05) is 16.5 Å². The maximum atomic E-state index is 13.8. The van der Waals surface area contributed by atoms with Crippen LogP contribution < -0.4 is 10.9 Å². The van der Waals surface area contributed by atoms with E-state index < -0.39 is 0 Å². The fourth-order valence-electron chi connectivity index (χ4n) is 8.51. The van der Waals surface area contributed by atoms with Crippen LogP contribution in [0.5, 0.6) is 0 Å². The number of nitrogens with zero attached hydrogens (tertiary/aromatic N) is 2. The molecule has 1 amide bonds. The highest BCUT2D eigenvalue weighted by molar-refractivity contribution is 7.99. The Hall–Kier alpha value is -1.34. The van der Waals surface area contributed by atoms with Crippen molar-refractivity contribution in [3.8, 4) is 0 Å². The molecule has 5 nitrogen and oxygen atoms in total. The summed E-state index contributed by atoms with van der Waals surface area (Å²) in [6, 6.07) is 0.234. The number of aromatic nitrogens is 2. The summed E-state index contributed by atoms with van der Waals surface area (Å²) >= 11 is 3.21. The number of amides is 1. The minimum atomic E-state index is 0.0434. The Kier molecular flexibility index (Phi) is 5.39. The second kappa shape index (κ2) is 8.36. The smallest absolute Gasteiger partial charge is 0.263 e. The van der Waals surface area contributed by atoms with Gasteiger partial charge in [-0.3, -0.25) is 14.2 Å². The summed E-state index contributed by atoms with van der Waals surface area (Å²) in [5, 5.41) is 5.15. The molecule has 7 heteroatoms. The molecule has 0 radical (unpaired) electrons. The predicted octanol–water partition coefficient (Wildman–Crippen LogP) is 5.63. The second-order valence-corrected chi connectivity index (χ2v) is 14.0. The lowest BCUT2D eigenvalue weighted by atomic mass is 9.53. The van der Waals surface area contributed by atoms with Crippen molar-refractivity contribution < 1.29 is 4.79 Å². The summed E-state index contributed by atoms with van der Waals surface area (Å²) in [6.45, 7) is 0. The number of thioether (sulfide) groups is 1. The summed E-state index contributed by atoms with van der Waals surface area (Å²) in [5.74, 6) is 2.95. The minimum absolute atomic E-state index is 0.0434. The quantitative estimate of drug-likeness (QED) is 0.430. The maximum Gasteiger partial charge on any atom is 0.263 e. The van der Waals surface area contributed by atoms with Crippen LogP contribution in [0.25, 0.3) is 10.2 Å². The van der Waals surface area contributed by atoms with Crippen molar-refractivity contribution in [2.45, 2.75) is 107 Å². The highest BCUT2D eigenvalue weighted by Gasteiger charge is 2.51. The zero-order valence-electron chi connectivity index (χ0n) is 19.9. The number of nitrogens with one attached hydrogen (secondary N) is 1. The van der Waals surface area contributed by atoms with Crippen molar-refractivity contribution in [3.05, 3.63) is 20.8 Å². The van der Waals surface area contributed by atoms with Crippen LogP contribution in [0.15, 0.2) is 9.95 Å². The van der Waals surface area contributed by atoms with E-state index in [4.69, 9.17) is 4.98 Å². The third-order valence-corrected chi connectivity index (χ3v) is 11.6.